The predicted octanol–water partition coefficient (Wildman–Crippen LogP) is 3.85. The Morgan fingerprint density at radius 3 is 2.75 bits per heavy atom. The summed E-state index contributed by atoms with van der Waals surface area (Å²) >= 11 is 0. The number of benzene rings is 2. The third kappa shape index (κ3) is 6.73. The van der Waals surface area contributed by atoms with Gasteiger partial charge in [-0.15, -0.1) is 5.10 Å². The number of carbonyl (C=O) groups excluding carboxylic acids is 1. The van der Waals surface area contributed by atoms with Gasteiger partial charge in [-0.05, 0) is 56.1 Å². The average Bonchev–Trinajstić information content (AvgIpc) is 3.22. The Morgan fingerprint density at radius 2 is 1.97 bits per heavy atom. The van der Waals surface area contributed by atoms with E-state index in [1.807, 2.05) is 41.9 Å². The summed E-state index contributed by atoms with van der Waals surface area (Å²) in [6, 6.07) is 14.2. The quantitative estimate of drug-likeness (QED) is 0.244. The van der Waals surface area contributed by atoms with Crippen molar-refractivity contribution in [2.45, 2.75) is 33.4 Å². The lowest BCUT2D eigenvalue weighted by Gasteiger charge is -2.16. The Kier molecular flexibility index (Phi) is 8.95. The van der Waals surface area contributed by atoms with Gasteiger partial charge in [0.2, 0.25) is 0 Å². The molecule has 2 aromatic carbocycles. The van der Waals surface area contributed by atoms with Gasteiger partial charge in [0.15, 0.2) is 0 Å². The van der Waals surface area contributed by atoms with Crippen LogP contribution in [0, 0.1) is 6.92 Å². The summed E-state index contributed by atoms with van der Waals surface area (Å²) in [6.07, 6.45) is 4.19. The van der Waals surface area contributed by atoms with Crippen LogP contribution in [0.25, 0.3) is 17.1 Å². The fourth-order valence-electron chi connectivity index (χ4n) is 3.45. The fraction of sp³-hybridized carbons (Fsp3) is 0.400. The lowest BCUT2D eigenvalue weighted by molar-refractivity contribution is -0.137. The van der Waals surface area contributed by atoms with Crippen molar-refractivity contribution < 1.29 is 14.3 Å². The first-order valence-electron chi connectivity index (χ1n) is 11.1. The molecule has 0 bridgehead atoms. The van der Waals surface area contributed by atoms with E-state index in [1.165, 1.54) is 11.6 Å². The minimum absolute atomic E-state index is 0.343. The number of fused-ring (bicyclic) bond motifs is 1. The number of aromatic nitrogens is 3. The predicted molar refractivity (Wildman–Crippen MR) is 126 cm³/mol. The van der Waals surface area contributed by atoms with E-state index < -0.39 is 0 Å². The molecule has 170 valence electrons. The molecule has 1 aromatic heterocycles. The van der Waals surface area contributed by atoms with E-state index >= 15 is 0 Å². The summed E-state index contributed by atoms with van der Waals surface area (Å²) in [6.45, 7) is 8.15. The molecule has 0 amide bonds. The van der Waals surface area contributed by atoms with Gasteiger partial charge in [-0.1, -0.05) is 41.6 Å². The van der Waals surface area contributed by atoms with Crippen molar-refractivity contribution in [1.82, 2.24) is 19.9 Å². The highest BCUT2D eigenvalue weighted by molar-refractivity contribution is 5.89. The standard InChI is InChI=1S/C25H32N4O3/c1-4-32-24(30)14-12-22-11-13-23-25(20(22)2)26-27-29(23)17-16-28(3)15-8-18-31-19-21-9-6-5-7-10-21/h5-7,9-14H,4,8,15-19H2,1-3H3/b14-12+. The van der Waals surface area contributed by atoms with E-state index in [1.54, 1.807) is 13.0 Å². The molecule has 0 unspecified atom stereocenters. The molecule has 0 aliphatic carbocycles. The fourth-order valence-corrected chi connectivity index (χ4v) is 3.45. The van der Waals surface area contributed by atoms with Gasteiger partial charge in [0.1, 0.15) is 5.52 Å². The molecule has 1 heterocycles. The molecular weight excluding hydrogens is 404 g/mol. The number of carbonyl (C=O) groups is 1. The van der Waals surface area contributed by atoms with E-state index in [-0.39, 0.29) is 5.97 Å². The second kappa shape index (κ2) is 12.1. The Labute approximate surface area is 189 Å². The maximum absolute atomic E-state index is 11.6. The number of rotatable bonds is 12. The molecule has 7 nitrogen and oxygen atoms in total. The Morgan fingerprint density at radius 1 is 1.16 bits per heavy atom. The first-order valence-corrected chi connectivity index (χ1v) is 11.1. The highest BCUT2D eigenvalue weighted by atomic mass is 16.5. The summed E-state index contributed by atoms with van der Waals surface area (Å²) in [5.41, 5.74) is 4.99. The Hall–Kier alpha value is -3.03. The Bertz CT molecular complexity index is 1030. The summed E-state index contributed by atoms with van der Waals surface area (Å²) in [5.74, 6) is -0.343. The van der Waals surface area contributed by atoms with Crippen LogP contribution in [-0.2, 0) is 27.4 Å². The zero-order chi connectivity index (χ0) is 22.8. The number of hydrogen-bond donors (Lipinski definition) is 0. The topological polar surface area (TPSA) is 69.5 Å². The van der Waals surface area contributed by atoms with E-state index in [0.29, 0.717) is 13.2 Å². The zero-order valence-corrected chi connectivity index (χ0v) is 19.2. The third-order valence-electron chi connectivity index (χ3n) is 5.30. The molecule has 3 rings (SSSR count). The lowest BCUT2D eigenvalue weighted by Crippen LogP contribution is -2.25. The minimum Gasteiger partial charge on any atom is -0.463 e. The Balaban J connectivity index is 1.46. The molecule has 0 atom stereocenters. The second-order valence-corrected chi connectivity index (χ2v) is 7.74. The van der Waals surface area contributed by atoms with Crippen molar-refractivity contribution in [3.63, 3.8) is 0 Å². The molecule has 0 aliphatic heterocycles. The minimum atomic E-state index is -0.343. The largest absolute Gasteiger partial charge is 0.463 e. The highest BCUT2D eigenvalue weighted by Gasteiger charge is 2.10. The highest BCUT2D eigenvalue weighted by Crippen LogP contribution is 2.21. The molecule has 0 saturated heterocycles. The van der Waals surface area contributed by atoms with Crippen LogP contribution in [0.5, 0.6) is 0 Å². The van der Waals surface area contributed by atoms with Gasteiger partial charge in [0, 0.05) is 25.8 Å². The molecule has 0 fully saturated rings. The molecule has 32 heavy (non-hydrogen) atoms. The van der Waals surface area contributed by atoms with Crippen LogP contribution in [0.3, 0.4) is 0 Å². The monoisotopic (exact) mass is 436 g/mol. The lowest BCUT2D eigenvalue weighted by atomic mass is 10.1. The normalized spacial score (nSPS) is 11.6. The average molecular weight is 437 g/mol. The van der Waals surface area contributed by atoms with Gasteiger partial charge >= 0.3 is 5.97 Å². The van der Waals surface area contributed by atoms with Gasteiger partial charge in [0.25, 0.3) is 0 Å². The van der Waals surface area contributed by atoms with Gasteiger partial charge in [0.05, 0.1) is 25.3 Å². The molecule has 0 radical (unpaired) electrons. The molecule has 7 heteroatoms. The number of ether oxygens (including phenoxy) is 2. The number of hydrogen-bond acceptors (Lipinski definition) is 6. The SMILES string of the molecule is CCOC(=O)/C=C/c1ccc2c(nnn2CCN(C)CCCOCc2ccccc2)c1C. The van der Waals surface area contributed by atoms with Gasteiger partial charge in [-0.25, -0.2) is 9.48 Å². The molecule has 0 saturated carbocycles. The number of aryl methyl sites for hydroxylation is 1. The van der Waals surface area contributed by atoms with E-state index in [4.69, 9.17) is 9.47 Å². The molecule has 0 N–H and O–H groups in total. The summed E-state index contributed by atoms with van der Waals surface area (Å²) in [4.78, 5) is 13.8. The van der Waals surface area contributed by atoms with Gasteiger partial charge < -0.3 is 14.4 Å². The van der Waals surface area contributed by atoms with Crippen LogP contribution in [0.15, 0.2) is 48.5 Å². The van der Waals surface area contributed by atoms with E-state index in [2.05, 4.69) is 34.4 Å². The van der Waals surface area contributed by atoms with Crippen LogP contribution in [0.2, 0.25) is 0 Å². The maximum Gasteiger partial charge on any atom is 0.330 e. The summed E-state index contributed by atoms with van der Waals surface area (Å²) < 4.78 is 12.6. The number of esters is 1. The van der Waals surface area contributed by atoms with Crippen molar-refractivity contribution in [3.05, 3.63) is 65.2 Å². The van der Waals surface area contributed by atoms with Crippen molar-refractivity contribution in [3.8, 4) is 0 Å². The van der Waals surface area contributed by atoms with Crippen LogP contribution in [-0.4, -0.2) is 59.2 Å². The molecule has 0 spiro atoms. The van der Waals surface area contributed by atoms with Crippen molar-refractivity contribution in [2.75, 3.05) is 33.4 Å². The summed E-state index contributed by atoms with van der Waals surface area (Å²) in [7, 11) is 2.11. The molecule has 0 aliphatic rings. The first-order chi connectivity index (χ1) is 15.6. The van der Waals surface area contributed by atoms with Crippen LogP contribution < -0.4 is 0 Å². The third-order valence-corrected chi connectivity index (χ3v) is 5.30. The zero-order valence-electron chi connectivity index (χ0n) is 19.2. The van der Waals surface area contributed by atoms with Crippen molar-refractivity contribution in [2.24, 2.45) is 0 Å². The van der Waals surface area contributed by atoms with Gasteiger partial charge in [-0.2, -0.15) is 0 Å². The maximum atomic E-state index is 11.6. The van der Waals surface area contributed by atoms with E-state index in [0.717, 1.165) is 54.8 Å². The van der Waals surface area contributed by atoms with Crippen LogP contribution in [0.1, 0.15) is 30.0 Å². The molecule has 3 aromatic rings. The number of likely N-dealkylation sites (N-methyl/N-ethyl adjacent to an activating group) is 1. The van der Waals surface area contributed by atoms with Crippen molar-refractivity contribution in [1.29, 1.82) is 0 Å². The molecular formula is C25H32N4O3. The van der Waals surface area contributed by atoms with Gasteiger partial charge in [-0.3, -0.25) is 0 Å². The van der Waals surface area contributed by atoms with Crippen LogP contribution in [0.4, 0.5) is 0 Å². The second-order valence-electron chi connectivity index (χ2n) is 7.74. The number of nitrogens with zero attached hydrogens (tertiary/aromatic N) is 4. The first kappa shape index (κ1) is 23.6. The van der Waals surface area contributed by atoms with Crippen LogP contribution >= 0.6 is 0 Å². The smallest absolute Gasteiger partial charge is 0.330 e. The van der Waals surface area contributed by atoms with Crippen molar-refractivity contribution >= 4 is 23.1 Å². The summed E-state index contributed by atoms with van der Waals surface area (Å²) in [5, 5.41) is 8.70. The van der Waals surface area contributed by atoms with E-state index in [9.17, 15) is 4.79 Å².